The first kappa shape index (κ1) is 15.3. The number of rotatable bonds is 5. The normalized spacial score (nSPS) is 10.6. The average Bonchev–Trinajstić information content (AvgIpc) is 2.43. The van der Waals surface area contributed by atoms with Crippen LogP contribution < -0.4 is 5.32 Å². The second kappa shape index (κ2) is 7.04. The van der Waals surface area contributed by atoms with Gasteiger partial charge < -0.3 is 5.32 Å². The van der Waals surface area contributed by atoms with E-state index in [2.05, 4.69) is 38.1 Å². The SMILES string of the molecule is CCCNc1nc(Cc2ccccc2Cl)nc(C)c1Br. The van der Waals surface area contributed by atoms with Gasteiger partial charge in [-0.3, -0.25) is 0 Å². The van der Waals surface area contributed by atoms with Gasteiger partial charge in [0.15, 0.2) is 0 Å². The predicted octanol–water partition coefficient (Wildman–Crippen LogP) is 4.61. The van der Waals surface area contributed by atoms with Crippen molar-refractivity contribution in [2.75, 3.05) is 11.9 Å². The molecule has 0 fully saturated rings. The first-order valence-electron chi connectivity index (χ1n) is 6.62. The van der Waals surface area contributed by atoms with Crippen LogP contribution in [0.2, 0.25) is 5.02 Å². The zero-order valence-electron chi connectivity index (χ0n) is 11.6. The molecule has 0 bridgehead atoms. The smallest absolute Gasteiger partial charge is 0.144 e. The zero-order valence-corrected chi connectivity index (χ0v) is 13.9. The van der Waals surface area contributed by atoms with Gasteiger partial charge in [-0.1, -0.05) is 36.7 Å². The van der Waals surface area contributed by atoms with E-state index in [0.717, 1.165) is 45.4 Å². The topological polar surface area (TPSA) is 37.8 Å². The fourth-order valence-electron chi connectivity index (χ4n) is 1.87. The highest BCUT2D eigenvalue weighted by atomic mass is 79.9. The van der Waals surface area contributed by atoms with Crippen molar-refractivity contribution in [1.29, 1.82) is 0 Å². The summed E-state index contributed by atoms with van der Waals surface area (Å²) in [5.41, 5.74) is 1.97. The average molecular weight is 355 g/mol. The van der Waals surface area contributed by atoms with Crippen LogP contribution in [-0.4, -0.2) is 16.5 Å². The lowest BCUT2D eigenvalue weighted by atomic mass is 10.1. The highest BCUT2D eigenvalue weighted by Crippen LogP contribution is 2.25. The first-order chi connectivity index (χ1) is 9.61. The molecule has 2 aromatic rings. The van der Waals surface area contributed by atoms with Crippen LogP contribution in [0.4, 0.5) is 5.82 Å². The van der Waals surface area contributed by atoms with E-state index in [9.17, 15) is 0 Å². The molecule has 0 atom stereocenters. The van der Waals surface area contributed by atoms with Crippen molar-refractivity contribution < 1.29 is 0 Å². The number of anilines is 1. The third-order valence-corrected chi connectivity index (χ3v) is 4.23. The molecule has 0 amide bonds. The van der Waals surface area contributed by atoms with Crippen LogP contribution in [0.5, 0.6) is 0 Å². The summed E-state index contributed by atoms with van der Waals surface area (Å²) in [7, 11) is 0. The summed E-state index contributed by atoms with van der Waals surface area (Å²) >= 11 is 9.72. The highest BCUT2D eigenvalue weighted by molar-refractivity contribution is 9.10. The fourth-order valence-corrected chi connectivity index (χ4v) is 2.39. The van der Waals surface area contributed by atoms with Crippen molar-refractivity contribution in [2.45, 2.75) is 26.7 Å². The zero-order chi connectivity index (χ0) is 14.5. The summed E-state index contributed by atoms with van der Waals surface area (Å²) < 4.78 is 0.925. The molecule has 0 unspecified atom stereocenters. The maximum atomic E-state index is 6.19. The van der Waals surface area contributed by atoms with Crippen LogP contribution >= 0.6 is 27.5 Å². The molecular formula is C15H17BrClN3. The van der Waals surface area contributed by atoms with Gasteiger partial charge in [-0.05, 0) is 40.9 Å². The summed E-state index contributed by atoms with van der Waals surface area (Å²) in [4.78, 5) is 9.10. The van der Waals surface area contributed by atoms with E-state index in [1.54, 1.807) is 0 Å². The van der Waals surface area contributed by atoms with Crippen molar-refractivity contribution in [3.8, 4) is 0 Å². The van der Waals surface area contributed by atoms with Crippen molar-refractivity contribution in [3.63, 3.8) is 0 Å². The van der Waals surface area contributed by atoms with Gasteiger partial charge in [-0.25, -0.2) is 9.97 Å². The maximum absolute atomic E-state index is 6.19. The van der Waals surface area contributed by atoms with Crippen LogP contribution in [0.1, 0.15) is 30.4 Å². The summed E-state index contributed by atoms with van der Waals surface area (Å²) in [5, 5.41) is 4.06. The lowest BCUT2D eigenvalue weighted by Gasteiger charge is -2.11. The number of hydrogen-bond acceptors (Lipinski definition) is 3. The largest absolute Gasteiger partial charge is 0.369 e. The lowest BCUT2D eigenvalue weighted by Crippen LogP contribution is -2.08. The number of nitrogens with zero attached hydrogens (tertiary/aromatic N) is 2. The highest BCUT2D eigenvalue weighted by Gasteiger charge is 2.10. The van der Waals surface area contributed by atoms with Crippen molar-refractivity contribution in [2.24, 2.45) is 0 Å². The molecule has 0 radical (unpaired) electrons. The Kier molecular flexibility index (Phi) is 5.38. The van der Waals surface area contributed by atoms with Crippen molar-refractivity contribution >= 4 is 33.3 Å². The van der Waals surface area contributed by atoms with Crippen LogP contribution in [0.15, 0.2) is 28.7 Å². The fraction of sp³-hybridized carbons (Fsp3) is 0.333. The predicted molar refractivity (Wildman–Crippen MR) is 87.5 cm³/mol. The van der Waals surface area contributed by atoms with Crippen LogP contribution in [0.25, 0.3) is 0 Å². The van der Waals surface area contributed by atoms with E-state index in [4.69, 9.17) is 11.6 Å². The lowest BCUT2D eigenvalue weighted by molar-refractivity contribution is 0.910. The number of aryl methyl sites for hydroxylation is 1. The van der Waals surface area contributed by atoms with Crippen molar-refractivity contribution in [3.05, 3.63) is 50.8 Å². The Balaban J connectivity index is 2.28. The summed E-state index contributed by atoms with van der Waals surface area (Å²) in [6, 6.07) is 7.79. The summed E-state index contributed by atoms with van der Waals surface area (Å²) in [6.07, 6.45) is 1.68. The molecule has 1 N–H and O–H groups in total. The standard InChI is InChI=1S/C15H17BrClN3/c1-3-8-18-15-14(16)10(2)19-13(20-15)9-11-6-4-5-7-12(11)17/h4-7H,3,8-9H2,1-2H3,(H,18,19,20). The van der Waals surface area contributed by atoms with Gasteiger partial charge in [0, 0.05) is 18.0 Å². The minimum atomic E-state index is 0.634. The van der Waals surface area contributed by atoms with E-state index >= 15 is 0 Å². The molecule has 1 aromatic heterocycles. The molecule has 0 spiro atoms. The van der Waals surface area contributed by atoms with Crippen LogP contribution in [0.3, 0.4) is 0 Å². The third kappa shape index (κ3) is 3.70. The Morgan fingerprint density at radius 2 is 2.00 bits per heavy atom. The molecule has 2 rings (SSSR count). The second-order valence-electron chi connectivity index (χ2n) is 4.58. The first-order valence-corrected chi connectivity index (χ1v) is 7.79. The van der Waals surface area contributed by atoms with Gasteiger partial charge in [0.25, 0.3) is 0 Å². The Hall–Kier alpha value is -1.13. The van der Waals surface area contributed by atoms with Gasteiger partial charge in [-0.2, -0.15) is 0 Å². The Labute approximate surface area is 132 Å². The van der Waals surface area contributed by atoms with Gasteiger partial charge >= 0.3 is 0 Å². The molecule has 20 heavy (non-hydrogen) atoms. The van der Waals surface area contributed by atoms with E-state index in [1.807, 2.05) is 31.2 Å². The van der Waals surface area contributed by atoms with Gasteiger partial charge in [0.05, 0.1) is 10.2 Å². The number of halogens is 2. The van der Waals surface area contributed by atoms with Gasteiger partial charge in [-0.15, -0.1) is 0 Å². The summed E-state index contributed by atoms with van der Waals surface area (Å²) in [6.45, 7) is 4.99. The third-order valence-electron chi connectivity index (χ3n) is 2.91. The van der Waals surface area contributed by atoms with Crippen LogP contribution in [-0.2, 0) is 6.42 Å². The number of aromatic nitrogens is 2. The molecule has 106 valence electrons. The Morgan fingerprint density at radius 1 is 1.25 bits per heavy atom. The van der Waals surface area contributed by atoms with Crippen LogP contribution in [0, 0.1) is 6.92 Å². The number of hydrogen-bond donors (Lipinski definition) is 1. The molecule has 0 aliphatic rings. The second-order valence-corrected chi connectivity index (χ2v) is 5.78. The van der Waals surface area contributed by atoms with E-state index in [0.29, 0.717) is 6.42 Å². The van der Waals surface area contributed by atoms with Crippen molar-refractivity contribution in [1.82, 2.24) is 9.97 Å². The van der Waals surface area contributed by atoms with Gasteiger partial charge in [0.2, 0.25) is 0 Å². The molecule has 0 saturated carbocycles. The molecular weight excluding hydrogens is 338 g/mol. The molecule has 0 aliphatic heterocycles. The monoisotopic (exact) mass is 353 g/mol. The molecule has 3 nitrogen and oxygen atoms in total. The quantitative estimate of drug-likeness (QED) is 0.851. The molecule has 0 saturated heterocycles. The minimum absolute atomic E-state index is 0.634. The molecule has 0 aliphatic carbocycles. The Bertz CT molecular complexity index is 602. The van der Waals surface area contributed by atoms with E-state index in [1.165, 1.54) is 0 Å². The molecule has 1 heterocycles. The molecule has 1 aromatic carbocycles. The van der Waals surface area contributed by atoms with E-state index in [-0.39, 0.29) is 0 Å². The number of benzene rings is 1. The molecule has 5 heteroatoms. The van der Waals surface area contributed by atoms with E-state index < -0.39 is 0 Å². The number of nitrogens with one attached hydrogen (secondary N) is 1. The minimum Gasteiger partial charge on any atom is -0.369 e. The van der Waals surface area contributed by atoms with Gasteiger partial charge in [0.1, 0.15) is 11.6 Å². The Morgan fingerprint density at radius 3 is 2.70 bits per heavy atom. The summed E-state index contributed by atoms with van der Waals surface area (Å²) in [5.74, 6) is 1.62. The maximum Gasteiger partial charge on any atom is 0.144 e.